The van der Waals surface area contributed by atoms with Crippen molar-refractivity contribution < 1.29 is 19.4 Å². The van der Waals surface area contributed by atoms with Crippen molar-refractivity contribution in [1.82, 2.24) is 10.3 Å². The third-order valence-corrected chi connectivity index (χ3v) is 6.04. The summed E-state index contributed by atoms with van der Waals surface area (Å²) in [6, 6.07) is 20.4. The number of nitrogens with one attached hydrogen (secondary N) is 3. The van der Waals surface area contributed by atoms with Gasteiger partial charge in [0.05, 0.1) is 5.57 Å². The second-order valence-electron chi connectivity index (χ2n) is 8.09. The standard InChI is InChI=1S/C26H22ClN5O4/c1-14-21(23(33)29-18-11-5-3-9-16(18)24(34)35)22(15-8-2-4-10-17(15)27)31-25(28-14)32-26-30-19-12-6-7-13-20(19)36-26/h2-13,22,24,34-35H,1H3,(H,29,33)(H2,28,30,31,32). The molecule has 4 aromatic rings. The van der Waals surface area contributed by atoms with E-state index in [-0.39, 0.29) is 17.3 Å². The number of benzene rings is 3. The van der Waals surface area contributed by atoms with E-state index in [1.165, 1.54) is 6.07 Å². The Kier molecular flexibility index (Phi) is 6.43. The van der Waals surface area contributed by atoms with Crippen LogP contribution in [0.15, 0.2) is 93.5 Å². The van der Waals surface area contributed by atoms with Crippen LogP contribution in [0.2, 0.25) is 5.02 Å². The lowest BCUT2D eigenvalue weighted by atomic mass is 9.95. The molecule has 1 unspecified atom stereocenters. The Hall–Kier alpha value is -4.18. The number of nitrogens with zero attached hydrogens (tertiary/aromatic N) is 2. The van der Waals surface area contributed by atoms with Gasteiger partial charge in [0.2, 0.25) is 5.96 Å². The fourth-order valence-electron chi connectivity index (χ4n) is 4.01. The third-order valence-electron chi connectivity index (χ3n) is 5.69. The maximum atomic E-state index is 13.5. The van der Waals surface area contributed by atoms with Crippen LogP contribution in [-0.4, -0.2) is 27.1 Å². The highest BCUT2D eigenvalue weighted by Crippen LogP contribution is 2.36. The number of anilines is 2. The number of aliphatic hydroxyl groups excluding tert-OH is 1. The Labute approximate surface area is 211 Å². The zero-order chi connectivity index (χ0) is 25.2. The molecule has 0 aliphatic carbocycles. The van der Waals surface area contributed by atoms with E-state index < -0.39 is 18.2 Å². The van der Waals surface area contributed by atoms with Crippen LogP contribution in [0, 0.1) is 0 Å². The number of aliphatic imine (C=N–C) groups is 1. The fourth-order valence-corrected chi connectivity index (χ4v) is 4.25. The highest BCUT2D eigenvalue weighted by atomic mass is 35.5. The number of guanidine groups is 1. The molecule has 0 fully saturated rings. The quantitative estimate of drug-likeness (QED) is 0.253. The summed E-state index contributed by atoms with van der Waals surface area (Å²) in [5.41, 5.74) is 3.21. The number of para-hydroxylation sites is 3. The van der Waals surface area contributed by atoms with Gasteiger partial charge in [0.1, 0.15) is 11.6 Å². The monoisotopic (exact) mass is 503 g/mol. The summed E-state index contributed by atoms with van der Waals surface area (Å²) in [4.78, 5) is 22.6. The molecule has 5 N–H and O–H groups in total. The molecule has 5 rings (SSSR count). The fraction of sp³-hybridized carbons (Fsp3) is 0.115. The van der Waals surface area contributed by atoms with Crippen molar-refractivity contribution in [3.63, 3.8) is 0 Å². The molecular formula is C26H22ClN5O4. The van der Waals surface area contributed by atoms with Crippen LogP contribution in [0.3, 0.4) is 0 Å². The molecule has 0 spiro atoms. The number of carbonyl (C=O) groups is 1. The van der Waals surface area contributed by atoms with Crippen molar-refractivity contribution in [2.75, 3.05) is 10.6 Å². The molecule has 0 saturated heterocycles. The maximum Gasteiger partial charge on any atom is 0.302 e. The molecule has 1 aliphatic heterocycles. The van der Waals surface area contributed by atoms with E-state index in [1.54, 1.807) is 43.3 Å². The Bertz CT molecular complexity index is 1480. The number of aromatic nitrogens is 1. The van der Waals surface area contributed by atoms with Crippen molar-refractivity contribution in [3.8, 4) is 0 Å². The first-order chi connectivity index (χ1) is 17.4. The molecule has 1 aliphatic rings. The Morgan fingerprint density at radius 1 is 1.06 bits per heavy atom. The summed E-state index contributed by atoms with van der Waals surface area (Å²) in [6.07, 6.45) is -1.74. The number of aliphatic hydroxyl groups is 2. The number of halogens is 1. The molecule has 9 nitrogen and oxygen atoms in total. The van der Waals surface area contributed by atoms with Gasteiger partial charge >= 0.3 is 6.01 Å². The van der Waals surface area contributed by atoms with Gasteiger partial charge in [-0.1, -0.05) is 60.1 Å². The molecule has 0 saturated carbocycles. The Morgan fingerprint density at radius 3 is 2.56 bits per heavy atom. The molecule has 1 aromatic heterocycles. The van der Waals surface area contributed by atoms with Gasteiger partial charge in [-0.25, -0.2) is 4.99 Å². The van der Waals surface area contributed by atoms with Gasteiger partial charge < -0.3 is 25.3 Å². The minimum Gasteiger partial charge on any atom is -0.423 e. The van der Waals surface area contributed by atoms with E-state index in [0.717, 1.165) is 0 Å². The first kappa shape index (κ1) is 23.6. The second kappa shape index (κ2) is 9.82. The maximum absolute atomic E-state index is 13.5. The third kappa shape index (κ3) is 4.67. The van der Waals surface area contributed by atoms with Gasteiger partial charge in [0, 0.05) is 27.5 Å². The predicted octanol–water partition coefficient (Wildman–Crippen LogP) is 4.49. The zero-order valence-electron chi connectivity index (χ0n) is 19.1. The van der Waals surface area contributed by atoms with Crippen molar-refractivity contribution >= 4 is 46.3 Å². The van der Waals surface area contributed by atoms with Crippen LogP contribution >= 0.6 is 11.6 Å². The van der Waals surface area contributed by atoms with E-state index in [2.05, 4.69) is 20.9 Å². The van der Waals surface area contributed by atoms with Gasteiger partial charge in [0.15, 0.2) is 11.9 Å². The SMILES string of the molecule is CC1=C(C(=O)Nc2ccccc2C(O)O)C(c2ccccc2Cl)N=C(Nc2nc3ccccc3o2)N1. The topological polar surface area (TPSA) is 132 Å². The normalized spacial score (nSPS) is 15.6. The van der Waals surface area contributed by atoms with Crippen LogP contribution in [0.4, 0.5) is 11.7 Å². The average molecular weight is 504 g/mol. The van der Waals surface area contributed by atoms with E-state index in [1.807, 2.05) is 30.3 Å². The number of amides is 1. The average Bonchev–Trinajstić information content (AvgIpc) is 3.26. The number of oxazole rings is 1. The van der Waals surface area contributed by atoms with Crippen molar-refractivity contribution in [1.29, 1.82) is 0 Å². The molecule has 36 heavy (non-hydrogen) atoms. The molecule has 0 bridgehead atoms. The van der Waals surface area contributed by atoms with Gasteiger partial charge in [-0.05, 0) is 31.2 Å². The number of hydrogen-bond donors (Lipinski definition) is 5. The molecule has 1 amide bonds. The van der Waals surface area contributed by atoms with Crippen molar-refractivity contribution in [2.45, 2.75) is 19.3 Å². The smallest absolute Gasteiger partial charge is 0.302 e. The first-order valence-electron chi connectivity index (χ1n) is 11.1. The lowest BCUT2D eigenvalue weighted by molar-refractivity contribution is -0.113. The van der Waals surface area contributed by atoms with Gasteiger partial charge in [-0.15, -0.1) is 0 Å². The number of hydrogen-bond acceptors (Lipinski definition) is 8. The highest BCUT2D eigenvalue weighted by Gasteiger charge is 2.31. The number of fused-ring (bicyclic) bond motifs is 1. The summed E-state index contributed by atoms with van der Waals surface area (Å²) in [6.45, 7) is 1.74. The van der Waals surface area contributed by atoms with E-state index in [9.17, 15) is 15.0 Å². The highest BCUT2D eigenvalue weighted by molar-refractivity contribution is 6.31. The van der Waals surface area contributed by atoms with Gasteiger partial charge in [-0.2, -0.15) is 4.98 Å². The first-order valence-corrected chi connectivity index (χ1v) is 11.5. The van der Waals surface area contributed by atoms with Crippen LogP contribution in [0.5, 0.6) is 0 Å². The van der Waals surface area contributed by atoms with Crippen LogP contribution < -0.4 is 16.0 Å². The molecule has 182 valence electrons. The summed E-state index contributed by atoms with van der Waals surface area (Å²) in [5, 5.41) is 28.7. The van der Waals surface area contributed by atoms with E-state index in [4.69, 9.17) is 21.0 Å². The van der Waals surface area contributed by atoms with Crippen LogP contribution in [0.25, 0.3) is 11.1 Å². The Morgan fingerprint density at radius 2 is 1.78 bits per heavy atom. The summed E-state index contributed by atoms with van der Waals surface area (Å²) in [5.74, 6) is -0.144. The van der Waals surface area contributed by atoms with Crippen LogP contribution in [-0.2, 0) is 4.79 Å². The minimum absolute atomic E-state index is 0.170. The molecule has 0 radical (unpaired) electrons. The summed E-state index contributed by atoms with van der Waals surface area (Å²) >= 11 is 6.50. The van der Waals surface area contributed by atoms with Crippen molar-refractivity contribution in [3.05, 3.63) is 100 Å². The van der Waals surface area contributed by atoms with E-state index >= 15 is 0 Å². The molecular weight excluding hydrogens is 482 g/mol. The van der Waals surface area contributed by atoms with E-state index in [0.29, 0.717) is 38.9 Å². The van der Waals surface area contributed by atoms with Crippen LogP contribution in [0.1, 0.15) is 30.4 Å². The minimum atomic E-state index is -1.74. The Balaban J connectivity index is 1.50. The lowest BCUT2D eigenvalue weighted by Gasteiger charge is -2.27. The van der Waals surface area contributed by atoms with Gasteiger partial charge in [0.25, 0.3) is 5.91 Å². The van der Waals surface area contributed by atoms with Crippen molar-refractivity contribution in [2.24, 2.45) is 4.99 Å². The molecule has 2 heterocycles. The molecule has 1 atom stereocenters. The summed E-state index contributed by atoms with van der Waals surface area (Å²) < 4.78 is 5.75. The molecule has 3 aromatic carbocycles. The second-order valence-corrected chi connectivity index (χ2v) is 8.50. The lowest BCUT2D eigenvalue weighted by Crippen LogP contribution is -2.37. The molecule has 10 heteroatoms. The summed E-state index contributed by atoms with van der Waals surface area (Å²) in [7, 11) is 0. The number of rotatable bonds is 5. The zero-order valence-corrected chi connectivity index (χ0v) is 19.8. The predicted molar refractivity (Wildman–Crippen MR) is 137 cm³/mol. The number of allylic oxidation sites excluding steroid dienone is 1. The largest absolute Gasteiger partial charge is 0.423 e. The number of carbonyl (C=O) groups excluding carboxylic acids is 1. The van der Waals surface area contributed by atoms with Gasteiger partial charge in [-0.3, -0.25) is 10.1 Å².